The standard InChI is InChI=1S/C14H21NO5/c1-9-5-6-11(20-9)12(16)15-10(13(17)18)7-8-19-14(2,3)4/h5-6,10H,7-8H2,1-4H3,(H,15,16)(H,17,18). The fraction of sp³-hybridized carbons (Fsp3) is 0.571. The summed E-state index contributed by atoms with van der Waals surface area (Å²) >= 11 is 0. The number of carbonyl (C=O) groups is 2. The van der Waals surface area contributed by atoms with Gasteiger partial charge in [-0.2, -0.15) is 0 Å². The van der Waals surface area contributed by atoms with Crippen LogP contribution in [0.3, 0.4) is 0 Å². The Morgan fingerprint density at radius 2 is 2.05 bits per heavy atom. The van der Waals surface area contributed by atoms with Gasteiger partial charge >= 0.3 is 5.97 Å². The molecule has 2 N–H and O–H groups in total. The van der Waals surface area contributed by atoms with Crippen LogP contribution in [0, 0.1) is 6.92 Å². The first kappa shape index (κ1) is 16.2. The van der Waals surface area contributed by atoms with E-state index < -0.39 is 17.9 Å². The number of carbonyl (C=O) groups excluding carboxylic acids is 1. The summed E-state index contributed by atoms with van der Waals surface area (Å²) in [5, 5.41) is 11.5. The van der Waals surface area contributed by atoms with Gasteiger partial charge in [-0.1, -0.05) is 0 Å². The van der Waals surface area contributed by atoms with E-state index in [4.69, 9.17) is 14.3 Å². The topological polar surface area (TPSA) is 88.8 Å². The summed E-state index contributed by atoms with van der Waals surface area (Å²) < 4.78 is 10.6. The molecule has 0 aliphatic rings. The minimum Gasteiger partial charge on any atom is -0.480 e. The van der Waals surface area contributed by atoms with Crippen LogP contribution < -0.4 is 5.32 Å². The van der Waals surface area contributed by atoms with Crippen LogP contribution in [0.2, 0.25) is 0 Å². The first-order chi connectivity index (χ1) is 9.19. The van der Waals surface area contributed by atoms with Crippen molar-refractivity contribution in [2.75, 3.05) is 6.61 Å². The van der Waals surface area contributed by atoms with E-state index in [0.717, 1.165) is 0 Å². The molecular weight excluding hydrogens is 262 g/mol. The second-order valence-electron chi connectivity index (χ2n) is 5.52. The Balaban J connectivity index is 2.55. The molecule has 0 aromatic carbocycles. The molecule has 0 saturated heterocycles. The second kappa shape index (κ2) is 6.56. The summed E-state index contributed by atoms with van der Waals surface area (Å²) in [5.74, 6) is -0.941. The molecule has 1 unspecified atom stereocenters. The zero-order chi connectivity index (χ0) is 15.3. The van der Waals surface area contributed by atoms with E-state index in [1.165, 1.54) is 6.07 Å². The van der Waals surface area contributed by atoms with Crippen LogP contribution in [0.4, 0.5) is 0 Å². The Bertz CT molecular complexity index is 472. The van der Waals surface area contributed by atoms with E-state index in [1.54, 1.807) is 13.0 Å². The number of hydrogen-bond acceptors (Lipinski definition) is 4. The van der Waals surface area contributed by atoms with Crippen molar-refractivity contribution in [1.29, 1.82) is 0 Å². The van der Waals surface area contributed by atoms with Crippen molar-refractivity contribution in [1.82, 2.24) is 5.32 Å². The molecule has 0 radical (unpaired) electrons. The monoisotopic (exact) mass is 283 g/mol. The number of ether oxygens (including phenoxy) is 1. The minimum atomic E-state index is -1.10. The zero-order valence-corrected chi connectivity index (χ0v) is 12.2. The van der Waals surface area contributed by atoms with E-state index in [1.807, 2.05) is 20.8 Å². The first-order valence-electron chi connectivity index (χ1n) is 6.43. The molecule has 1 amide bonds. The van der Waals surface area contributed by atoms with Crippen molar-refractivity contribution in [2.24, 2.45) is 0 Å². The predicted molar refractivity (Wildman–Crippen MR) is 72.7 cm³/mol. The number of nitrogens with one attached hydrogen (secondary N) is 1. The largest absolute Gasteiger partial charge is 0.480 e. The highest BCUT2D eigenvalue weighted by atomic mass is 16.5. The van der Waals surface area contributed by atoms with Crippen molar-refractivity contribution in [3.63, 3.8) is 0 Å². The highest BCUT2D eigenvalue weighted by molar-refractivity contribution is 5.94. The van der Waals surface area contributed by atoms with Crippen LogP contribution in [0.5, 0.6) is 0 Å². The van der Waals surface area contributed by atoms with Gasteiger partial charge in [-0.15, -0.1) is 0 Å². The van der Waals surface area contributed by atoms with Crippen molar-refractivity contribution in [2.45, 2.75) is 45.8 Å². The molecule has 112 valence electrons. The predicted octanol–water partition coefficient (Wildman–Crippen LogP) is 1.98. The molecular formula is C14H21NO5. The van der Waals surface area contributed by atoms with E-state index in [2.05, 4.69) is 5.32 Å². The van der Waals surface area contributed by atoms with E-state index in [9.17, 15) is 9.59 Å². The highest BCUT2D eigenvalue weighted by Gasteiger charge is 2.23. The van der Waals surface area contributed by atoms with E-state index >= 15 is 0 Å². The van der Waals surface area contributed by atoms with Crippen LogP contribution in [0.1, 0.15) is 43.5 Å². The van der Waals surface area contributed by atoms with Gasteiger partial charge in [0.15, 0.2) is 5.76 Å². The molecule has 0 saturated carbocycles. The number of furan rings is 1. The van der Waals surface area contributed by atoms with Gasteiger partial charge in [-0.3, -0.25) is 4.79 Å². The summed E-state index contributed by atoms with van der Waals surface area (Å²) in [6.45, 7) is 7.60. The fourth-order valence-corrected chi connectivity index (χ4v) is 1.53. The molecule has 1 heterocycles. The molecule has 6 nitrogen and oxygen atoms in total. The van der Waals surface area contributed by atoms with E-state index in [-0.39, 0.29) is 24.4 Å². The molecule has 1 rings (SSSR count). The minimum absolute atomic E-state index is 0.102. The Morgan fingerprint density at radius 1 is 1.40 bits per heavy atom. The summed E-state index contributed by atoms with van der Waals surface area (Å²) in [5.41, 5.74) is -0.342. The van der Waals surface area contributed by atoms with Gasteiger partial charge in [0.05, 0.1) is 5.60 Å². The fourth-order valence-electron chi connectivity index (χ4n) is 1.53. The summed E-state index contributed by atoms with van der Waals surface area (Å²) in [7, 11) is 0. The molecule has 0 aliphatic carbocycles. The summed E-state index contributed by atoms with van der Waals surface area (Å²) in [4.78, 5) is 23.0. The lowest BCUT2D eigenvalue weighted by Gasteiger charge is -2.21. The third-order valence-electron chi connectivity index (χ3n) is 2.51. The Kier molecular flexibility index (Phi) is 5.33. The molecule has 0 aliphatic heterocycles. The maximum atomic E-state index is 11.8. The van der Waals surface area contributed by atoms with Crippen molar-refractivity contribution in [3.8, 4) is 0 Å². The Hall–Kier alpha value is -1.82. The number of rotatable bonds is 6. The summed E-state index contributed by atoms with van der Waals surface area (Å²) in [6, 6.07) is 2.15. The van der Waals surface area contributed by atoms with Crippen LogP contribution in [0.15, 0.2) is 16.5 Å². The lowest BCUT2D eigenvalue weighted by molar-refractivity contribution is -0.140. The molecule has 20 heavy (non-hydrogen) atoms. The number of carboxylic acid groups (broad SMARTS) is 1. The van der Waals surface area contributed by atoms with Gasteiger partial charge in [0, 0.05) is 13.0 Å². The van der Waals surface area contributed by atoms with Gasteiger partial charge in [0.25, 0.3) is 5.91 Å². The van der Waals surface area contributed by atoms with Crippen LogP contribution in [-0.2, 0) is 9.53 Å². The maximum absolute atomic E-state index is 11.8. The number of hydrogen-bond donors (Lipinski definition) is 2. The van der Waals surface area contributed by atoms with Crippen LogP contribution in [-0.4, -0.2) is 35.2 Å². The third-order valence-corrected chi connectivity index (χ3v) is 2.51. The maximum Gasteiger partial charge on any atom is 0.326 e. The third kappa shape index (κ3) is 5.44. The van der Waals surface area contributed by atoms with Gasteiger partial charge in [0.1, 0.15) is 11.8 Å². The molecule has 1 aromatic rings. The van der Waals surface area contributed by atoms with Crippen molar-refractivity contribution in [3.05, 3.63) is 23.7 Å². The lowest BCUT2D eigenvalue weighted by atomic mass is 10.1. The molecule has 1 atom stereocenters. The van der Waals surface area contributed by atoms with Crippen molar-refractivity contribution < 1.29 is 23.8 Å². The SMILES string of the molecule is Cc1ccc(C(=O)NC(CCOC(C)(C)C)C(=O)O)o1. The molecule has 0 fully saturated rings. The number of aliphatic carboxylic acids is 1. The first-order valence-corrected chi connectivity index (χ1v) is 6.43. The average molecular weight is 283 g/mol. The van der Waals surface area contributed by atoms with Crippen molar-refractivity contribution >= 4 is 11.9 Å². The Morgan fingerprint density at radius 3 is 2.50 bits per heavy atom. The van der Waals surface area contributed by atoms with Gasteiger partial charge < -0.3 is 19.6 Å². The van der Waals surface area contributed by atoms with Crippen LogP contribution >= 0.6 is 0 Å². The zero-order valence-electron chi connectivity index (χ0n) is 12.2. The number of amides is 1. The molecule has 0 bridgehead atoms. The van der Waals surface area contributed by atoms with Crippen LogP contribution in [0.25, 0.3) is 0 Å². The average Bonchev–Trinajstić information content (AvgIpc) is 2.72. The quantitative estimate of drug-likeness (QED) is 0.833. The second-order valence-corrected chi connectivity index (χ2v) is 5.52. The van der Waals surface area contributed by atoms with Gasteiger partial charge in [0.2, 0.25) is 0 Å². The summed E-state index contributed by atoms with van der Waals surface area (Å²) in [6.07, 6.45) is 0.192. The smallest absolute Gasteiger partial charge is 0.326 e. The number of carboxylic acids is 1. The molecule has 1 aromatic heterocycles. The molecule has 6 heteroatoms. The highest BCUT2D eigenvalue weighted by Crippen LogP contribution is 2.09. The normalized spacial score (nSPS) is 13.0. The lowest BCUT2D eigenvalue weighted by Crippen LogP contribution is -2.41. The van der Waals surface area contributed by atoms with E-state index in [0.29, 0.717) is 5.76 Å². The molecule has 0 spiro atoms. The van der Waals surface area contributed by atoms with Gasteiger partial charge in [-0.05, 0) is 39.8 Å². The Labute approximate surface area is 118 Å². The number of aryl methyl sites for hydroxylation is 1. The van der Waals surface area contributed by atoms with Gasteiger partial charge in [-0.25, -0.2) is 4.79 Å².